The monoisotopic (exact) mass is 778 g/mol. The second-order valence-corrected chi connectivity index (χ2v) is 14.1. The summed E-state index contributed by atoms with van der Waals surface area (Å²) < 4.78 is 14.9. The van der Waals surface area contributed by atoms with Crippen LogP contribution in [0.25, 0.3) is 10.8 Å². The van der Waals surface area contributed by atoms with Gasteiger partial charge in [0.25, 0.3) is 23.3 Å². The number of hydrogen-bond acceptors (Lipinski definition) is 10. The minimum atomic E-state index is -1.12. The van der Waals surface area contributed by atoms with E-state index in [-0.39, 0.29) is 79.2 Å². The van der Waals surface area contributed by atoms with E-state index in [0.29, 0.717) is 54.5 Å². The molecule has 1 unspecified atom stereocenters. The maximum Gasteiger partial charge on any atom is 0.272 e. The first-order valence-electron chi connectivity index (χ1n) is 18.7. The molecule has 1 atom stereocenters. The quantitative estimate of drug-likeness (QED) is 0.121. The molecule has 294 valence electrons. The minimum Gasteiger partial charge on any atom is -0.339 e. The van der Waals surface area contributed by atoms with Gasteiger partial charge in [0.15, 0.2) is 0 Å². The van der Waals surface area contributed by atoms with E-state index < -0.39 is 47.3 Å². The Morgan fingerprint density at radius 3 is 2.39 bits per heavy atom. The number of carbonyl (C=O) groups excluding carboxylic acids is 7. The lowest BCUT2D eigenvalue weighted by atomic mass is 10.0. The van der Waals surface area contributed by atoms with Crippen LogP contribution in [0.5, 0.6) is 0 Å². The number of nitrogens with one attached hydrogen (secondary N) is 4. The van der Waals surface area contributed by atoms with E-state index >= 15 is 0 Å². The molecule has 0 aliphatic carbocycles. The van der Waals surface area contributed by atoms with Crippen molar-refractivity contribution in [3.8, 4) is 0 Å². The Morgan fingerprint density at radius 2 is 1.61 bits per heavy atom. The Hall–Kier alpha value is -6.62. The average Bonchev–Trinajstić information content (AvgIpc) is 3.46. The van der Waals surface area contributed by atoms with Gasteiger partial charge in [0.1, 0.15) is 11.9 Å². The zero-order valence-corrected chi connectivity index (χ0v) is 30.8. The van der Waals surface area contributed by atoms with Crippen LogP contribution in [0.3, 0.4) is 0 Å². The molecule has 0 radical (unpaired) electrons. The number of H-pyrrole nitrogens is 1. The van der Waals surface area contributed by atoms with Crippen molar-refractivity contribution in [2.45, 2.75) is 44.6 Å². The molecule has 0 bridgehead atoms. The topological polar surface area (TPSA) is 211 Å². The van der Waals surface area contributed by atoms with Crippen LogP contribution >= 0.6 is 0 Å². The number of carbonyl (C=O) groups is 7. The van der Waals surface area contributed by atoms with Crippen molar-refractivity contribution >= 4 is 57.8 Å². The predicted molar refractivity (Wildman–Crippen MR) is 203 cm³/mol. The normalized spacial score (nSPS) is 16.9. The number of rotatable bonds is 12. The second-order valence-electron chi connectivity index (χ2n) is 14.1. The van der Waals surface area contributed by atoms with Crippen LogP contribution in [0.1, 0.15) is 74.4 Å². The summed E-state index contributed by atoms with van der Waals surface area (Å²) in [4.78, 5) is 105. The van der Waals surface area contributed by atoms with Crippen molar-refractivity contribution in [2.24, 2.45) is 0 Å². The molecular weight excluding hydrogens is 739 g/mol. The summed E-state index contributed by atoms with van der Waals surface area (Å²) in [6.07, 6.45) is 1.69. The lowest BCUT2D eigenvalue weighted by molar-refractivity contribution is -0.136. The van der Waals surface area contributed by atoms with Crippen molar-refractivity contribution in [1.82, 2.24) is 35.5 Å². The number of hydrogen-bond donors (Lipinski definition) is 4. The van der Waals surface area contributed by atoms with Gasteiger partial charge in [0.2, 0.25) is 23.6 Å². The van der Waals surface area contributed by atoms with Crippen LogP contribution in [0, 0.1) is 5.82 Å². The Balaban J connectivity index is 0.829. The number of halogens is 1. The molecule has 7 rings (SSSR count). The first-order valence-corrected chi connectivity index (χ1v) is 18.7. The van der Waals surface area contributed by atoms with Crippen LogP contribution in [0.2, 0.25) is 0 Å². The summed E-state index contributed by atoms with van der Waals surface area (Å²) in [6.45, 7) is 1.43. The number of piperidine rings is 1. The fourth-order valence-electron chi connectivity index (χ4n) is 7.37. The predicted octanol–water partition coefficient (Wildman–Crippen LogP) is 1.74. The van der Waals surface area contributed by atoms with Gasteiger partial charge in [-0.3, -0.25) is 48.6 Å². The highest BCUT2D eigenvalue weighted by Gasteiger charge is 2.45. The summed E-state index contributed by atoms with van der Waals surface area (Å²) in [6, 6.07) is 14.7. The fourth-order valence-corrected chi connectivity index (χ4v) is 7.37. The maximum atomic E-state index is 14.9. The van der Waals surface area contributed by atoms with E-state index in [1.807, 2.05) is 0 Å². The standard InChI is InChI=1S/C40H39FN8O8/c41-28-12-11-23(21-30-24-6-1-2-7-25(24)36(53)46-45-30)20-27(28)38(55)48-18-16-47(17-19-48)34(52)10-3-4-15-42-22-33(51)43-29-9-5-8-26-35(29)40(57)49(39(26)56)31-13-14-32(50)44-37(31)54/h1-2,5-9,11-12,20,31,42H,3-4,10,13-19,21-22H2,(H,43,51)(H,46,53)(H,44,50,54). The smallest absolute Gasteiger partial charge is 0.272 e. The number of aromatic nitrogens is 2. The number of piperazine rings is 1. The zero-order valence-electron chi connectivity index (χ0n) is 30.8. The average molecular weight is 779 g/mol. The van der Waals surface area contributed by atoms with Gasteiger partial charge >= 0.3 is 0 Å². The minimum absolute atomic E-state index is 0.00733. The van der Waals surface area contributed by atoms with E-state index in [1.54, 1.807) is 35.2 Å². The van der Waals surface area contributed by atoms with Gasteiger partial charge in [-0.1, -0.05) is 30.3 Å². The molecule has 57 heavy (non-hydrogen) atoms. The molecule has 2 saturated heterocycles. The van der Waals surface area contributed by atoms with Gasteiger partial charge in [0.05, 0.1) is 40.0 Å². The van der Waals surface area contributed by atoms with Crippen LogP contribution in [0.15, 0.2) is 65.5 Å². The second kappa shape index (κ2) is 16.6. The Labute approximate surface area is 324 Å². The molecule has 1 aromatic heterocycles. The molecular formula is C40H39FN8O8. The summed E-state index contributed by atoms with van der Waals surface area (Å²) >= 11 is 0. The van der Waals surface area contributed by atoms with E-state index in [1.165, 1.54) is 35.2 Å². The highest BCUT2D eigenvalue weighted by Crippen LogP contribution is 2.32. The van der Waals surface area contributed by atoms with Crippen LogP contribution in [0.4, 0.5) is 10.1 Å². The SMILES string of the molecule is O=C1CCC(N2C(=O)c3cccc(NC(=O)CNCCCCC(=O)N4CCN(C(=O)c5cc(Cc6n[nH]c(=O)c7ccccc67)ccc5F)CC4)c3C2=O)C(=O)N1. The molecule has 3 aliphatic heterocycles. The Kier molecular flexibility index (Phi) is 11.3. The molecule has 4 N–H and O–H groups in total. The summed E-state index contributed by atoms with van der Waals surface area (Å²) in [5, 5.41) is 15.6. The van der Waals surface area contributed by atoms with Crippen molar-refractivity contribution in [3.63, 3.8) is 0 Å². The summed E-state index contributed by atoms with van der Waals surface area (Å²) in [7, 11) is 0. The van der Waals surface area contributed by atoms with E-state index in [9.17, 15) is 42.7 Å². The van der Waals surface area contributed by atoms with Gasteiger partial charge in [0, 0.05) is 50.8 Å². The first-order chi connectivity index (χ1) is 27.5. The lowest BCUT2D eigenvalue weighted by Gasteiger charge is -2.35. The van der Waals surface area contributed by atoms with Crippen molar-refractivity contribution < 1.29 is 38.0 Å². The number of amides is 7. The number of imide groups is 2. The number of nitrogens with zero attached hydrogens (tertiary/aromatic N) is 4. The number of benzene rings is 3. The van der Waals surface area contributed by atoms with Crippen molar-refractivity contribution in [2.75, 3.05) is 44.6 Å². The van der Waals surface area contributed by atoms with E-state index in [4.69, 9.17) is 0 Å². The highest BCUT2D eigenvalue weighted by molar-refractivity contribution is 6.26. The third-order valence-electron chi connectivity index (χ3n) is 10.3. The van der Waals surface area contributed by atoms with Gasteiger partial charge in [-0.05, 0) is 61.7 Å². The largest absolute Gasteiger partial charge is 0.339 e. The molecule has 0 spiro atoms. The van der Waals surface area contributed by atoms with Crippen molar-refractivity contribution in [3.05, 3.63) is 105 Å². The Bertz CT molecular complexity index is 2370. The number of unbranched alkanes of at least 4 members (excludes halogenated alkanes) is 1. The maximum absolute atomic E-state index is 14.9. The van der Waals surface area contributed by atoms with Gasteiger partial charge in [-0.25, -0.2) is 9.49 Å². The first kappa shape index (κ1) is 38.6. The molecule has 3 aromatic carbocycles. The number of fused-ring (bicyclic) bond motifs is 2. The summed E-state index contributed by atoms with van der Waals surface area (Å²) in [5.74, 6) is -4.25. The molecule has 4 aromatic rings. The van der Waals surface area contributed by atoms with Gasteiger partial charge in [-0.2, -0.15) is 5.10 Å². The van der Waals surface area contributed by atoms with Crippen LogP contribution in [-0.4, -0.2) is 112 Å². The van der Waals surface area contributed by atoms with Gasteiger partial charge in [-0.15, -0.1) is 0 Å². The third kappa shape index (κ3) is 8.18. The zero-order chi connectivity index (χ0) is 40.2. The molecule has 17 heteroatoms. The van der Waals surface area contributed by atoms with Crippen LogP contribution in [-0.2, 0) is 25.6 Å². The van der Waals surface area contributed by atoms with Gasteiger partial charge < -0.3 is 20.4 Å². The summed E-state index contributed by atoms with van der Waals surface area (Å²) in [5.41, 5.74) is 1.03. The fraction of sp³-hybridized carbons (Fsp3) is 0.325. The molecule has 16 nitrogen and oxygen atoms in total. The third-order valence-corrected chi connectivity index (χ3v) is 10.3. The molecule has 2 fully saturated rings. The lowest BCUT2D eigenvalue weighted by Crippen LogP contribution is -2.54. The van der Waals surface area contributed by atoms with Crippen LogP contribution < -0.4 is 21.5 Å². The Morgan fingerprint density at radius 1 is 0.860 bits per heavy atom. The number of aromatic amines is 1. The van der Waals surface area contributed by atoms with E-state index in [0.717, 1.165) is 4.90 Å². The molecule has 7 amide bonds. The molecule has 3 aliphatic rings. The molecule has 0 saturated carbocycles. The van der Waals surface area contributed by atoms with E-state index in [2.05, 4.69) is 26.1 Å². The van der Waals surface area contributed by atoms with Crippen molar-refractivity contribution in [1.29, 1.82) is 0 Å². The number of anilines is 1. The molecule has 4 heterocycles. The highest BCUT2D eigenvalue weighted by atomic mass is 19.1.